The van der Waals surface area contributed by atoms with Crippen LogP contribution >= 0.6 is 0 Å². The molecule has 0 aliphatic rings. The summed E-state index contributed by atoms with van der Waals surface area (Å²) in [6.45, 7) is 11.5. The molecule has 0 atom stereocenters. The van der Waals surface area contributed by atoms with Crippen LogP contribution in [0.25, 0.3) is 0 Å². The van der Waals surface area contributed by atoms with Gasteiger partial charge in [0.15, 0.2) is 0 Å². The van der Waals surface area contributed by atoms with Crippen LogP contribution in [-0.4, -0.2) is 29.7 Å². The second-order valence-corrected chi connectivity index (χ2v) is 5.69. The minimum absolute atomic E-state index is 0.0419. The fourth-order valence-electron chi connectivity index (χ4n) is 2.12. The third-order valence-corrected chi connectivity index (χ3v) is 3.47. The van der Waals surface area contributed by atoms with Crippen LogP contribution in [0, 0.1) is 0 Å². The van der Waals surface area contributed by atoms with Crippen molar-refractivity contribution in [2.75, 3.05) is 13.1 Å². The first-order valence-corrected chi connectivity index (χ1v) is 7.99. The lowest BCUT2D eigenvalue weighted by molar-refractivity contribution is -0.135. The van der Waals surface area contributed by atoms with Crippen LogP contribution in [0.2, 0.25) is 0 Å². The highest BCUT2D eigenvalue weighted by atomic mass is 16.2. The molecule has 0 fully saturated rings. The van der Waals surface area contributed by atoms with E-state index in [-0.39, 0.29) is 18.1 Å². The number of ketones is 1. The van der Waals surface area contributed by atoms with Gasteiger partial charge in [0.2, 0.25) is 5.91 Å². The summed E-state index contributed by atoms with van der Waals surface area (Å²) in [6, 6.07) is 0. The highest BCUT2D eigenvalue weighted by Crippen LogP contribution is 2.09. The summed E-state index contributed by atoms with van der Waals surface area (Å²) in [5.41, 5.74) is 2.66. The summed E-state index contributed by atoms with van der Waals surface area (Å²) in [4.78, 5) is 25.3. The van der Waals surface area contributed by atoms with Crippen LogP contribution in [0.4, 0.5) is 0 Å². The van der Waals surface area contributed by atoms with Crippen molar-refractivity contribution in [3.63, 3.8) is 0 Å². The van der Waals surface area contributed by atoms with Crippen molar-refractivity contribution in [3.8, 4) is 0 Å². The van der Waals surface area contributed by atoms with Crippen molar-refractivity contribution in [1.82, 2.24) is 4.90 Å². The predicted molar refractivity (Wildman–Crippen MR) is 89.2 cm³/mol. The summed E-state index contributed by atoms with van der Waals surface area (Å²) in [6.07, 6.45) is 7.70. The first-order chi connectivity index (χ1) is 9.90. The van der Waals surface area contributed by atoms with E-state index in [0.29, 0.717) is 19.5 Å². The van der Waals surface area contributed by atoms with Gasteiger partial charge >= 0.3 is 0 Å². The minimum Gasteiger partial charge on any atom is -0.343 e. The molecular formula is C18H31NO2. The van der Waals surface area contributed by atoms with Gasteiger partial charge in [0.25, 0.3) is 0 Å². The van der Waals surface area contributed by atoms with Crippen LogP contribution in [0.1, 0.15) is 66.7 Å². The van der Waals surface area contributed by atoms with E-state index in [0.717, 1.165) is 19.3 Å². The Balaban J connectivity index is 4.02. The average molecular weight is 293 g/mol. The Labute approximate surface area is 130 Å². The van der Waals surface area contributed by atoms with Gasteiger partial charge < -0.3 is 4.90 Å². The fourth-order valence-corrected chi connectivity index (χ4v) is 2.12. The number of amides is 1. The minimum atomic E-state index is -0.0470. The molecule has 0 aromatic heterocycles. The average Bonchev–Trinajstić information content (AvgIpc) is 2.39. The Morgan fingerprint density at radius 1 is 0.905 bits per heavy atom. The number of Topliss-reactive ketones (excluding diaryl/α,β-unsaturated/α-hetero) is 1. The zero-order valence-corrected chi connectivity index (χ0v) is 14.4. The molecule has 0 unspecified atom stereocenters. The summed E-state index contributed by atoms with van der Waals surface area (Å²) >= 11 is 0. The lowest BCUT2D eigenvalue weighted by Crippen LogP contribution is -2.31. The number of carbonyl (C=O) groups excluding carboxylic acids is 2. The van der Waals surface area contributed by atoms with E-state index in [9.17, 15) is 9.59 Å². The van der Waals surface area contributed by atoms with Gasteiger partial charge in [-0.05, 0) is 53.9 Å². The Kier molecular flexibility index (Phi) is 10.6. The van der Waals surface area contributed by atoms with Gasteiger partial charge in [-0.1, -0.05) is 23.3 Å². The van der Waals surface area contributed by atoms with E-state index in [1.807, 2.05) is 13.8 Å². The molecule has 0 aromatic rings. The van der Waals surface area contributed by atoms with E-state index < -0.39 is 0 Å². The van der Waals surface area contributed by atoms with Crippen molar-refractivity contribution in [1.29, 1.82) is 0 Å². The number of hydrogen-bond donors (Lipinski definition) is 0. The van der Waals surface area contributed by atoms with Crippen LogP contribution in [0.3, 0.4) is 0 Å². The molecule has 0 bridgehead atoms. The van der Waals surface area contributed by atoms with Crippen LogP contribution in [0.15, 0.2) is 23.3 Å². The Morgan fingerprint density at radius 3 is 2.00 bits per heavy atom. The molecule has 0 saturated heterocycles. The number of nitrogens with zero attached hydrogens (tertiary/aromatic N) is 1. The van der Waals surface area contributed by atoms with E-state index in [4.69, 9.17) is 0 Å². The van der Waals surface area contributed by atoms with Gasteiger partial charge in [-0.25, -0.2) is 0 Å². The molecule has 1 amide bonds. The Hall–Kier alpha value is -1.38. The number of carbonyl (C=O) groups is 2. The normalized spacial score (nSPS) is 11.2. The molecule has 0 radical (unpaired) electrons. The molecule has 0 rings (SSSR count). The molecule has 120 valence electrons. The maximum absolute atomic E-state index is 11.8. The van der Waals surface area contributed by atoms with Crippen molar-refractivity contribution in [2.45, 2.75) is 66.7 Å². The zero-order valence-electron chi connectivity index (χ0n) is 14.4. The quantitative estimate of drug-likeness (QED) is 0.445. The zero-order chi connectivity index (χ0) is 16.3. The van der Waals surface area contributed by atoms with Gasteiger partial charge in [0.05, 0.1) is 6.42 Å². The lowest BCUT2D eigenvalue weighted by atomic mass is 10.1. The first kappa shape index (κ1) is 19.6. The van der Waals surface area contributed by atoms with Crippen molar-refractivity contribution < 1.29 is 9.59 Å². The summed E-state index contributed by atoms with van der Waals surface area (Å²) < 4.78 is 0. The fraction of sp³-hybridized carbons (Fsp3) is 0.667. The van der Waals surface area contributed by atoms with Crippen LogP contribution in [-0.2, 0) is 9.59 Å². The van der Waals surface area contributed by atoms with E-state index in [1.54, 1.807) is 4.90 Å². The van der Waals surface area contributed by atoms with Gasteiger partial charge in [0.1, 0.15) is 5.78 Å². The lowest BCUT2D eigenvalue weighted by Gasteiger charge is -2.17. The molecule has 0 aliphatic heterocycles. The molecule has 0 spiro atoms. The van der Waals surface area contributed by atoms with Gasteiger partial charge in [-0.3, -0.25) is 9.59 Å². The second kappa shape index (κ2) is 11.3. The second-order valence-electron chi connectivity index (χ2n) is 5.69. The number of allylic oxidation sites excluding steroid dienone is 4. The summed E-state index contributed by atoms with van der Waals surface area (Å²) in [5.74, 6) is -0.00509. The Bertz CT molecular complexity index is 386. The van der Waals surface area contributed by atoms with Crippen LogP contribution in [0.5, 0.6) is 0 Å². The molecule has 3 nitrogen and oxygen atoms in total. The largest absolute Gasteiger partial charge is 0.343 e. The third kappa shape index (κ3) is 10.1. The van der Waals surface area contributed by atoms with E-state index in [1.165, 1.54) is 11.1 Å². The SMILES string of the molecule is CCN(CC)C(=O)CC(=O)CCC=C(C)CCC=C(C)C. The topological polar surface area (TPSA) is 37.4 Å². The molecule has 3 heteroatoms. The van der Waals surface area contributed by atoms with E-state index >= 15 is 0 Å². The molecule has 21 heavy (non-hydrogen) atoms. The van der Waals surface area contributed by atoms with Crippen LogP contribution < -0.4 is 0 Å². The first-order valence-electron chi connectivity index (χ1n) is 7.99. The highest BCUT2D eigenvalue weighted by Gasteiger charge is 2.13. The maximum atomic E-state index is 11.8. The molecule has 0 N–H and O–H groups in total. The maximum Gasteiger partial charge on any atom is 0.229 e. The standard InChI is InChI=1S/C18H31NO2/c1-6-19(7-2)18(21)14-17(20)13-9-12-16(5)11-8-10-15(3)4/h10,12H,6-9,11,13-14H2,1-5H3. The predicted octanol–water partition coefficient (Wildman–Crippen LogP) is 4.29. The summed E-state index contributed by atoms with van der Waals surface area (Å²) in [5, 5.41) is 0. The van der Waals surface area contributed by atoms with Crippen molar-refractivity contribution in [3.05, 3.63) is 23.3 Å². The molecule has 0 heterocycles. The monoisotopic (exact) mass is 293 g/mol. The highest BCUT2D eigenvalue weighted by molar-refractivity contribution is 5.98. The van der Waals surface area contributed by atoms with Gasteiger partial charge in [0, 0.05) is 19.5 Å². The molecular weight excluding hydrogens is 262 g/mol. The number of rotatable bonds is 10. The van der Waals surface area contributed by atoms with E-state index in [2.05, 4.69) is 32.9 Å². The summed E-state index contributed by atoms with van der Waals surface area (Å²) in [7, 11) is 0. The van der Waals surface area contributed by atoms with Gasteiger partial charge in [-0.15, -0.1) is 0 Å². The molecule has 0 aromatic carbocycles. The van der Waals surface area contributed by atoms with Gasteiger partial charge in [-0.2, -0.15) is 0 Å². The number of hydrogen-bond acceptors (Lipinski definition) is 2. The van der Waals surface area contributed by atoms with Crippen molar-refractivity contribution in [2.24, 2.45) is 0 Å². The Morgan fingerprint density at radius 2 is 1.48 bits per heavy atom. The molecule has 0 saturated carbocycles. The molecule has 0 aliphatic carbocycles. The van der Waals surface area contributed by atoms with Crippen molar-refractivity contribution >= 4 is 11.7 Å². The third-order valence-electron chi connectivity index (χ3n) is 3.47. The smallest absolute Gasteiger partial charge is 0.229 e.